The lowest BCUT2D eigenvalue weighted by Crippen LogP contribution is -2.35. The predicted octanol–water partition coefficient (Wildman–Crippen LogP) is 2.74. The Bertz CT molecular complexity index is 901. The zero-order valence-corrected chi connectivity index (χ0v) is 15.1. The summed E-state index contributed by atoms with van der Waals surface area (Å²) in [5, 5.41) is 11.8. The maximum atomic E-state index is 12.5. The average Bonchev–Trinajstić information content (AvgIpc) is 2.53. The van der Waals surface area contributed by atoms with Gasteiger partial charge in [-0.1, -0.05) is 32.9 Å². The van der Waals surface area contributed by atoms with Gasteiger partial charge in [-0.15, -0.1) is 0 Å². The quantitative estimate of drug-likeness (QED) is 0.899. The molecule has 0 aliphatic carbocycles. The van der Waals surface area contributed by atoms with Crippen molar-refractivity contribution < 1.29 is 4.79 Å². The van der Waals surface area contributed by atoms with Crippen molar-refractivity contribution in [3.63, 3.8) is 0 Å². The van der Waals surface area contributed by atoms with E-state index in [2.05, 4.69) is 21.4 Å². The van der Waals surface area contributed by atoms with E-state index in [1.165, 1.54) is 0 Å². The Hall–Kier alpha value is -2.94. The van der Waals surface area contributed by atoms with Crippen molar-refractivity contribution in [2.24, 2.45) is 0 Å². The molecule has 0 saturated heterocycles. The molecule has 1 aromatic carbocycles. The number of carbonyl (C=O) groups is 1. The Labute approximate surface area is 146 Å². The Balaban J connectivity index is 2.29. The van der Waals surface area contributed by atoms with E-state index < -0.39 is 11.5 Å². The van der Waals surface area contributed by atoms with Crippen molar-refractivity contribution in [1.82, 2.24) is 15.3 Å². The summed E-state index contributed by atoms with van der Waals surface area (Å²) in [4.78, 5) is 32.0. The highest BCUT2D eigenvalue weighted by Crippen LogP contribution is 2.18. The zero-order valence-electron chi connectivity index (χ0n) is 15.1. The summed E-state index contributed by atoms with van der Waals surface area (Å²) in [5.74, 6) is 0.0582. The number of aromatic amines is 1. The molecule has 0 aliphatic heterocycles. The molecule has 2 aromatic rings. The highest BCUT2D eigenvalue weighted by molar-refractivity contribution is 5.95. The van der Waals surface area contributed by atoms with Crippen molar-refractivity contribution in [2.75, 3.05) is 0 Å². The lowest BCUT2D eigenvalue weighted by atomic mass is 9.95. The molecule has 25 heavy (non-hydrogen) atoms. The van der Waals surface area contributed by atoms with Gasteiger partial charge in [-0.05, 0) is 31.5 Å². The Morgan fingerprint density at radius 2 is 2.04 bits per heavy atom. The average molecular weight is 338 g/mol. The number of benzene rings is 1. The molecule has 0 spiro atoms. The minimum atomic E-state index is -0.485. The summed E-state index contributed by atoms with van der Waals surface area (Å²) < 4.78 is 0. The van der Waals surface area contributed by atoms with Gasteiger partial charge in [0, 0.05) is 5.41 Å². The van der Waals surface area contributed by atoms with Gasteiger partial charge in [-0.3, -0.25) is 9.59 Å². The fourth-order valence-corrected chi connectivity index (χ4v) is 2.44. The van der Waals surface area contributed by atoms with Gasteiger partial charge in [0.1, 0.15) is 11.4 Å². The maximum absolute atomic E-state index is 12.5. The summed E-state index contributed by atoms with van der Waals surface area (Å²) in [6.45, 7) is 9.27. The summed E-state index contributed by atoms with van der Waals surface area (Å²) in [7, 11) is 0. The number of nitriles is 1. The molecule has 2 N–H and O–H groups in total. The van der Waals surface area contributed by atoms with Crippen LogP contribution in [0, 0.1) is 18.3 Å². The molecule has 6 heteroatoms. The van der Waals surface area contributed by atoms with Crippen LogP contribution in [0.2, 0.25) is 0 Å². The second-order valence-corrected chi connectivity index (χ2v) is 7.06. The van der Waals surface area contributed by atoms with E-state index in [0.717, 1.165) is 5.56 Å². The van der Waals surface area contributed by atoms with Crippen LogP contribution >= 0.6 is 0 Å². The van der Waals surface area contributed by atoms with Gasteiger partial charge < -0.3 is 10.3 Å². The molecular formula is C19H22N4O2. The van der Waals surface area contributed by atoms with Crippen LogP contribution in [0.25, 0.3) is 0 Å². The molecule has 1 amide bonds. The fourth-order valence-electron chi connectivity index (χ4n) is 2.44. The normalized spacial score (nSPS) is 12.3. The van der Waals surface area contributed by atoms with Crippen molar-refractivity contribution in [2.45, 2.75) is 46.1 Å². The highest BCUT2D eigenvalue weighted by Gasteiger charge is 2.23. The first kappa shape index (κ1) is 18.4. The van der Waals surface area contributed by atoms with E-state index in [1.54, 1.807) is 32.0 Å². The molecule has 0 saturated carbocycles. The molecule has 1 atom stereocenters. The second-order valence-electron chi connectivity index (χ2n) is 7.06. The molecule has 130 valence electrons. The summed E-state index contributed by atoms with van der Waals surface area (Å²) in [5.41, 5.74) is 0.946. The van der Waals surface area contributed by atoms with E-state index in [4.69, 9.17) is 5.26 Å². The topological polar surface area (TPSA) is 98.6 Å². The number of hydrogen-bond acceptors (Lipinski definition) is 4. The van der Waals surface area contributed by atoms with E-state index in [9.17, 15) is 9.59 Å². The van der Waals surface area contributed by atoms with Crippen LogP contribution in [0.4, 0.5) is 0 Å². The molecular weight excluding hydrogens is 316 g/mol. The van der Waals surface area contributed by atoms with E-state index in [-0.39, 0.29) is 17.0 Å². The SMILES string of the molecule is Cc1nc(C(C)(C)C)[nH]c(=O)c1C(=O)NC(C)c1cccc(C#N)c1. The number of amides is 1. The van der Waals surface area contributed by atoms with Crippen LogP contribution in [-0.2, 0) is 5.41 Å². The minimum Gasteiger partial charge on any atom is -0.345 e. The molecule has 0 radical (unpaired) electrons. The summed E-state index contributed by atoms with van der Waals surface area (Å²) in [6, 6.07) is 8.71. The van der Waals surface area contributed by atoms with Gasteiger partial charge in [0.2, 0.25) is 0 Å². The second kappa shape index (κ2) is 6.89. The van der Waals surface area contributed by atoms with E-state index >= 15 is 0 Å². The first-order chi connectivity index (χ1) is 11.6. The zero-order chi connectivity index (χ0) is 18.8. The van der Waals surface area contributed by atoms with Crippen LogP contribution in [0.15, 0.2) is 29.1 Å². The molecule has 1 aromatic heterocycles. The molecule has 0 aliphatic rings. The number of nitrogens with one attached hydrogen (secondary N) is 2. The predicted molar refractivity (Wildman–Crippen MR) is 95.3 cm³/mol. The maximum Gasteiger partial charge on any atom is 0.264 e. The number of carbonyl (C=O) groups excluding carboxylic acids is 1. The van der Waals surface area contributed by atoms with Crippen LogP contribution < -0.4 is 10.9 Å². The monoisotopic (exact) mass is 338 g/mol. The van der Waals surface area contributed by atoms with E-state index in [1.807, 2.05) is 26.8 Å². The van der Waals surface area contributed by atoms with Crippen LogP contribution in [-0.4, -0.2) is 15.9 Å². The van der Waals surface area contributed by atoms with Crippen LogP contribution in [0.5, 0.6) is 0 Å². The molecule has 0 fully saturated rings. The lowest BCUT2D eigenvalue weighted by Gasteiger charge is -2.19. The first-order valence-corrected chi connectivity index (χ1v) is 8.06. The number of nitrogens with zero attached hydrogens (tertiary/aromatic N) is 2. The summed E-state index contributed by atoms with van der Waals surface area (Å²) >= 11 is 0. The molecule has 1 heterocycles. The number of rotatable bonds is 3. The molecule has 6 nitrogen and oxygen atoms in total. The van der Waals surface area contributed by atoms with Gasteiger partial charge >= 0.3 is 0 Å². The fraction of sp³-hybridized carbons (Fsp3) is 0.368. The lowest BCUT2D eigenvalue weighted by molar-refractivity contribution is 0.0937. The Morgan fingerprint density at radius 1 is 1.36 bits per heavy atom. The van der Waals surface area contributed by atoms with Crippen molar-refractivity contribution in [3.8, 4) is 6.07 Å². The minimum absolute atomic E-state index is 0.0105. The van der Waals surface area contributed by atoms with Gasteiger partial charge in [-0.2, -0.15) is 5.26 Å². The first-order valence-electron chi connectivity index (χ1n) is 8.06. The van der Waals surface area contributed by atoms with Crippen molar-refractivity contribution in [3.05, 3.63) is 62.8 Å². The molecule has 1 unspecified atom stereocenters. The Morgan fingerprint density at radius 3 is 2.60 bits per heavy atom. The van der Waals surface area contributed by atoms with Crippen molar-refractivity contribution >= 4 is 5.91 Å². The third-order valence-electron chi connectivity index (χ3n) is 3.90. The van der Waals surface area contributed by atoms with Crippen molar-refractivity contribution in [1.29, 1.82) is 5.26 Å². The smallest absolute Gasteiger partial charge is 0.264 e. The van der Waals surface area contributed by atoms with Gasteiger partial charge in [0.05, 0.1) is 23.4 Å². The number of hydrogen-bond donors (Lipinski definition) is 2. The van der Waals surface area contributed by atoms with Crippen LogP contribution in [0.3, 0.4) is 0 Å². The van der Waals surface area contributed by atoms with Gasteiger partial charge in [-0.25, -0.2) is 4.98 Å². The summed E-state index contributed by atoms with van der Waals surface area (Å²) in [6.07, 6.45) is 0. The number of aromatic nitrogens is 2. The third-order valence-corrected chi connectivity index (χ3v) is 3.90. The number of aryl methyl sites for hydroxylation is 1. The standard InChI is InChI=1S/C19H22N4O2/c1-11(14-8-6-7-13(9-14)10-20)21-16(24)15-12(2)22-18(19(3,4)5)23-17(15)25/h6-9,11H,1-5H3,(H,21,24)(H,22,23,25). The van der Waals surface area contributed by atoms with Gasteiger partial charge in [0.25, 0.3) is 11.5 Å². The molecule has 2 rings (SSSR count). The third kappa shape index (κ3) is 4.13. The molecule has 0 bridgehead atoms. The Kier molecular flexibility index (Phi) is 5.07. The van der Waals surface area contributed by atoms with E-state index in [0.29, 0.717) is 17.1 Å². The van der Waals surface area contributed by atoms with Crippen LogP contribution in [0.1, 0.15) is 66.7 Å². The van der Waals surface area contributed by atoms with Gasteiger partial charge in [0.15, 0.2) is 0 Å². The largest absolute Gasteiger partial charge is 0.345 e. The number of H-pyrrole nitrogens is 1. The highest BCUT2D eigenvalue weighted by atomic mass is 16.2.